The van der Waals surface area contributed by atoms with Crippen LogP contribution in [0.3, 0.4) is 0 Å². The van der Waals surface area contributed by atoms with Crippen molar-refractivity contribution in [3.05, 3.63) is 0 Å². The van der Waals surface area contributed by atoms with Crippen molar-refractivity contribution in [1.29, 1.82) is 0 Å². The molecule has 2 amide bonds. The molecule has 0 saturated heterocycles. The largest absolute Gasteiger partial charge is 0.481 e. The zero-order valence-corrected chi connectivity index (χ0v) is 16.8. The molecule has 1 atom stereocenters. The fourth-order valence-corrected chi connectivity index (χ4v) is 2.13. The van der Waals surface area contributed by atoms with Gasteiger partial charge in [0.15, 0.2) is 5.78 Å². The Balaban J connectivity index is 3.65. The van der Waals surface area contributed by atoms with Gasteiger partial charge in [0.25, 0.3) is 0 Å². The minimum absolute atomic E-state index is 0.0369. The maximum atomic E-state index is 11.7. The van der Waals surface area contributed by atoms with Crippen molar-refractivity contribution in [2.45, 2.75) is 45.1 Å². The summed E-state index contributed by atoms with van der Waals surface area (Å²) in [6, 6.07) is -1.07. The summed E-state index contributed by atoms with van der Waals surface area (Å²) in [7, 11) is 1.89. The number of carboxylic acids is 1. The van der Waals surface area contributed by atoms with Crippen molar-refractivity contribution in [2.24, 2.45) is 0 Å². The molecule has 0 fully saturated rings. The fraction of sp³-hybridized carbons (Fsp3) is 0.778. The first-order chi connectivity index (χ1) is 13.4. The van der Waals surface area contributed by atoms with Crippen LogP contribution in [0, 0.1) is 0 Å². The van der Waals surface area contributed by atoms with Crippen molar-refractivity contribution >= 4 is 23.6 Å². The van der Waals surface area contributed by atoms with Crippen molar-refractivity contribution in [2.75, 3.05) is 46.6 Å². The summed E-state index contributed by atoms with van der Waals surface area (Å²) in [4.78, 5) is 45.4. The van der Waals surface area contributed by atoms with Gasteiger partial charge in [0.2, 0.25) is 11.8 Å². The minimum Gasteiger partial charge on any atom is -0.481 e. The number of nitrogens with one attached hydrogen (secondary N) is 3. The smallest absolute Gasteiger partial charge is 0.305 e. The average Bonchev–Trinajstić information content (AvgIpc) is 2.63. The highest BCUT2D eigenvalue weighted by Gasteiger charge is 2.20. The molecular weight excluding hydrogens is 370 g/mol. The second-order valence-electron chi connectivity index (χ2n) is 6.21. The van der Waals surface area contributed by atoms with E-state index in [9.17, 15) is 19.2 Å². The van der Waals surface area contributed by atoms with E-state index in [0.717, 1.165) is 13.0 Å². The van der Waals surface area contributed by atoms with Gasteiger partial charge in [-0.15, -0.1) is 0 Å². The van der Waals surface area contributed by atoms with Gasteiger partial charge in [-0.25, -0.2) is 0 Å². The molecule has 0 spiro atoms. The topological polar surface area (TPSA) is 143 Å². The lowest BCUT2D eigenvalue weighted by atomic mass is 10.1. The third-order valence-electron chi connectivity index (χ3n) is 3.66. The first-order valence-electron chi connectivity index (χ1n) is 9.45. The summed E-state index contributed by atoms with van der Waals surface area (Å²) in [5, 5.41) is 16.7. The molecule has 10 heteroatoms. The standard InChI is InChI=1S/C18H33N3O7/c1-14(22)15(13-18(25)26)21-17(24)6-5-16(23)20-8-4-10-28-12-11-27-9-3-7-19-2/h15,19H,3-13H2,1-2H3,(H,20,23)(H,21,24)(H,25,26). The number of aliphatic carboxylic acids is 1. The summed E-state index contributed by atoms with van der Waals surface area (Å²) in [6.07, 6.45) is 0.966. The van der Waals surface area contributed by atoms with Crippen LogP contribution in [0.15, 0.2) is 0 Å². The van der Waals surface area contributed by atoms with Gasteiger partial charge in [0, 0.05) is 32.6 Å². The lowest BCUT2D eigenvalue weighted by Crippen LogP contribution is -2.41. The molecule has 0 aliphatic rings. The van der Waals surface area contributed by atoms with Gasteiger partial charge in [-0.3, -0.25) is 19.2 Å². The second-order valence-corrected chi connectivity index (χ2v) is 6.21. The summed E-state index contributed by atoms with van der Waals surface area (Å²) >= 11 is 0. The molecule has 162 valence electrons. The predicted molar refractivity (Wildman–Crippen MR) is 102 cm³/mol. The van der Waals surface area contributed by atoms with Crippen LogP contribution in [0.4, 0.5) is 0 Å². The molecule has 0 aromatic heterocycles. The van der Waals surface area contributed by atoms with E-state index in [4.69, 9.17) is 14.6 Å². The van der Waals surface area contributed by atoms with Gasteiger partial charge >= 0.3 is 5.97 Å². The lowest BCUT2D eigenvalue weighted by molar-refractivity contribution is -0.140. The highest BCUT2D eigenvalue weighted by molar-refractivity contribution is 5.91. The fourth-order valence-electron chi connectivity index (χ4n) is 2.13. The number of hydrogen-bond donors (Lipinski definition) is 4. The van der Waals surface area contributed by atoms with E-state index >= 15 is 0 Å². The van der Waals surface area contributed by atoms with Crippen LogP contribution in [0.2, 0.25) is 0 Å². The molecule has 1 unspecified atom stereocenters. The molecule has 10 nitrogen and oxygen atoms in total. The third-order valence-corrected chi connectivity index (χ3v) is 3.66. The van der Waals surface area contributed by atoms with Crippen molar-refractivity contribution in [3.63, 3.8) is 0 Å². The normalized spacial score (nSPS) is 11.6. The highest BCUT2D eigenvalue weighted by atomic mass is 16.5. The Morgan fingerprint density at radius 3 is 2.00 bits per heavy atom. The molecule has 4 N–H and O–H groups in total. The number of ether oxygens (including phenoxy) is 2. The molecule has 0 aromatic rings. The number of hydrogen-bond acceptors (Lipinski definition) is 7. The highest BCUT2D eigenvalue weighted by Crippen LogP contribution is 1.97. The number of amides is 2. The van der Waals surface area contributed by atoms with E-state index in [-0.39, 0.29) is 18.7 Å². The predicted octanol–water partition coefficient (Wildman–Crippen LogP) is -0.536. The van der Waals surface area contributed by atoms with Gasteiger partial charge in [0.1, 0.15) is 0 Å². The SMILES string of the molecule is CNCCCOCCOCCCNC(=O)CCC(=O)NC(CC(=O)O)C(C)=O. The van der Waals surface area contributed by atoms with Crippen LogP contribution in [-0.4, -0.2) is 81.3 Å². The maximum Gasteiger partial charge on any atom is 0.305 e. The summed E-state index contributed by atoms with van der Waals surface area (Å²) < 4.78 is 10.8. The number of Topliss-reactive ketones (excluding diaryl/α,β-unsaturated/α-hetero) is 1. The Hall–Kier alpha value is -2.04. The van der Waals surface area contributed by atoms with Crippen molar-refractivity contribution < 1.29 is 33.8 Å². The van der Waals surface area contributed by atoms with Gasteiger partial charge in [-0.1, -0.05) is 0 Å². The number of rotatable bonds is 18. The zero-order chi connectivity index (χ0) is 21.2. The Bertz CT molecular complexity index is 486. The molecule has 0 rings (SSSR count). The molecule has 0 heterocycles. The number of carboxylic acid groups (broad SMARTS) is 1. The summed E-state index contributed by atoms with van der Waals surface area (Å²) in [5.74, 6) is -2.44. The number of carbonyl (C=O) groups excluding carboxylic acids is 3. The Morgan fingerprint density at radius 2 is 1.46 bits per heavy atom. The second kappa shape index (κ2) is 17.1. The van der Waals surface area contributed by atoms with Crippen LogP contribution >= 0.6 is 0 Å². The molecule has 0 aliphatic heterocycles. The molecule has 0 bridgehead atoms. The van der Waals surface area contributed by atoms with Gasteiger partial charge < -0.3 is 30.5 Å². The van der Waals surface area contributed by atoms with E-state index in [1.54, 1.807) is 0 Å². The zero-order valence-electron chi connectivity index (χ0n) is 16.8. The van der Waals surface area contributed by atoms with E-state index in [2.05, 4.69) is 16.0 Å². The molecule has 0 radical (unpaired) electrons. The van der Waals surface area contributed by atoms with Gasteiger partial charge in [-0.2, -0.15) is 0 Å². The van der Waals surface area contributed by atoms with Crippen LogP contribution in [0.5, 0.6) is 0 Å². The molecule has 28 heavy (non-hydrogen) atoms. The summed E-state index contributed by atoms with van der Waals surface area (Å²) in [6.45, 7) is 4.78. The maximum absolute atomic E-state index is 11.7. The van der Waals surface area contributed by atoms with Crippen molar-refractivity contribution in [3.8, 4) is 0 Å². The van der Waals surface area contributed by atoms with E-state index in [0.29, 0.717) is 39.4 Å². The van der Waals surface area contributed by atoms with Gasteiger partial charge in [-0.05, 0) is 33.4 Å². The molecule has 0 aliphatic carbocycles. The van der Waals surface area contributed by atoms with Crippen LogP contribution in [0.1, 0.15) is 39.0 Å². The average molecular weight is 403 g/mol. The van der Waals surface area contributed by atoms with Crippen LogP contribution in [0.25, 0.3) is 0 Å². The number of ketones is 1. The molecule has 0 aromatic carbocycles. The summed E-state index contributed by atoms with van der Waals surface area (Å²) in [5.41, 5.74) is 0. The van der Waals surface area contributed by atoms with E-state index in [1.165, 1.54) is 6.92 Å². The van der Waals surface area contributed by atoms with Crippen LogP contribution in [-0.2, 0) is 28.7 Å². The lowest BCUT2D eigenvalue weighted by Gasteiger charge is -2.13. The van der Waals surface area contributed by atoms with E-state index < -0.39 is 30.1 Å². The Kier molecular flexibility index (Phi) is 15.8. The Labute approximate surface area is 165 Å². The van der Waals surface area contributed by atoms with Gasteiger partial charge in [0.05, 0.1) is 25.7 Å². The quantitative estimate of drug-likeness (QED) is 0.224. The Morgan fingerprint density at radius 1 is 0.893 bits per heavy atom. The van der Waals surface area contributed by atoms with E-state index in [1.807, 2.05) is 7.05 Å². The minimum atomic E-state index is -1.18. The first kappa shape index (κ1) is 26.0. The third kappa shape index (κ3) is 16.2. The van der Waals surface area contributed by atoms with Crippen LogP contribution < -0.4 is 16.0 Å². The monoisotopic (exact) mass is 403 g/mol. The molecular formula is C18H33N3O7. The first-order valence-corrected chi connectivity index (χ1v) is 9.45. The number of carbonyl (C=O) groups is 4. The molecule has 0 saturated carbocycles. The van der Waals surface area contributed by atoms with Crippen molar-refractivity contribution in [1.82, 2.24) is 16.0 Å².